The predicted molar refractivity (Wildman–Crippen MR) is 64.3 cm³/mol. The van der Waals surface area contributed by atoms with Crippen molar-refractivity contribution in [1.82, 2.24) is 15.1 Å². The van der Waals surface area contributed by atoms with Gasteiger partial charge >= 0.3 is 12.1 Å². The van der Waals surface area contributed by atoms with Gasteiger partial charge in [-0.05, 0) is 12.8 Å². The highest BCUT2D eigenvalue weighted by atomic mass is 16.6. The number of nitrogens with one attached hydrogen (secondary N) is 1. The van der Waals surface area contributed by atoms with Crippen LogP contribution in [0.3, 0.4) is 0 Å². The number of rotatable bonds is 2. The molecule has 0 aromatic carbocycles. The average Bonchev–Trinajstić information content (AvgIpc) is 2.91. The van der Waals surface area contributed by atoms with Gasteiger partial charge in [0.1, 0.15) is 0 Å². The zero-order valence-electron chi connectivity index (χ0n) is 10.6. The van der Waals surface area contributed by atoms with Crippen molar-refractivity contribution < 1.29 is 19.1 Å². The molecule has 0 aromatic rings. The lowest BCUT2D eigenvalue weighted by Crippen LogP contribution is -2.64. The molecule has 104 valence electrons. The van der Waals surface area contributed by atoms with Crippen LogP contribution in [0.5, 0.6) is 0 Å². The molecule has 0 radical (unpaired) electrons. The molecule has 3 fully saturated rings. The maximum absolute atomic E-state index is 11.9. The molecule has 1 saturated carbocycles. The first kappa shape index (κ1) is 12.3. The molecule has 0 aromatic heterocycles. The Kier molecular flexibility index (Phi) is 3.04. The van der Waals surface area contributed by atoms with Crippen LogP contribution in [0.15, 0.2) is 0 Å². The molecule has 1 N–H and O–H groups in total. The molecule has 0 atom stereocenters. The Morgan fingerprint density at radius 1 is 1.21 bits per heavy atom. The van der Waals surface area contributed by atoms with Crippen molar-refractivity contribution in [2.75, 3.05) is 19.7 Å². The Labute approximate surface area is 110 Å². The molecule has 19 heavy (non-hydrogen) atoms. The number of nitrogens with zero attached hydrogens (tertiary/aromatic N) is 2. The van der Waals surface area contributed by atoms with E-state index in [0.717, 1.165) is 17.7 Å². The molecule has 2 aliphatic heterocycles. The fraction of sp³-hybridized carbons (Fsp3) is 0.750. The van der Waals surface area contributed by atoms with Crippen LogP contribution in [0.2, 0.25) is 0 Å². The lowest BCUT2D eigenvalue weighted by molar-refractivity contribution is -0.129. The van der Waals surface area contributed by atoms with Crippen molar-refractivity contribution in [3.63, 3.8) is 0 Å². The third kappa shape index (κ3) is 2.24. The van der Waals surface area contributed by atoms with E-state index >= 15 is 0 Å². The van der Waals surface area contributed by atoms with Crippen molar-refractivity contribution in [2.24, 2.45) is 0 Å². The van der Waals surface area contributed by atoms with Crippen LogP contribution in [0.1, 0.15) is 25.7 Å². The highest BCUT2D eigenvalue weighted by Crippen LogP contribution is 2.21. The highest BCUT2D eigenvalue weighted by molar-refractivity contribution is 5.98. The molecule has 7 nitrogen and oxygen atoms in total. The van der Waals surface area contributed by atoms with Gasteiger partial charge in [0.25, 0.3) is 5.91 Å². The van der Waals surface area contributed by atoms with Gasteiger partial charge in [0.05, 0.1) is 6.04 Å². The topological polar surface area (TPSA) is 79.0 Å². The highest BCUT2D eigenvalue weighted by Gasteiger charge is 2.44. The van der Waals surface area contributed by atoms with E-state index in [0.29, 0.717) is 13.1 Å². The van der Waals surface area contributed by atoms with E-state index in [1.54, 1.807) is 4.90 Å². The van der Waals surface area contributed by atoms with Crippen molar-refractivity contribution in [2.45, 2.75) is 37.8 Å². The Morgan fingerprint density at radius 3 is 2.47 bits per heavy atom. The summed E-state index contributed by atoms with van der Waals surface area (Å²) in [7, 11) is 0. The van der Waals surface area contributed by atoms with E-state index in [4.69, 9.17) is 0 Å². The van der Waals surface area contributed by atoms with Gasteiger partial charge < -0.3 is 15.0 Å². The monoisotopic (exact) mass is 267 g/mol. The van der Waals surface area contributed by atoms with Gasteiger partial charge in [0.2, 0.25) is 0 Å². The Balaban J connectivity index is 1.48. The summed E-state index contributed by atoms with van der Waals surface area (Å²) < 4.78 is 4.66. The van der Waals surface area contributed by atoms with Crippen LogP contribution in [0, 0.1) is 0 Å². The van der Waals surface area contributed by atoms with Crippen LogP contribution in [0.25, 0.3) is 0 Å². The number of urea groups is 1. The molecule has 0 spiro atoms. The van der Waals surface area contributed by atoms with Crippen molar-refractivity contribution in [1.29, 1.82) is 0 Å². The van der Waals surface area contributed by atoms with Crippen LogP contribution < -0.4 is 5.32 Å². The van der Waals surface area contributed by atoms with Crippen molar-refractivity contribution >= 4 is 18.0 Å². The number of hydrogen-bond acceptors (Lipinski definition) is 4. The van der Waals surface area contributed by atoms with E-state index in [-0.39, 0.29) is 30.6 Å². The zero-order chi connectivity index (χ0) is 13.4. The lowest BCUT2D eigenvalue weighted by Gasteiger charge is -2.42. The van der Waals surface area contributed by atoms with Crippen molar-refractivity contribution in [3.8, 4) is 0 Å². The van der Waals surface area contributed by atoms with Crippen LogP contribution >= 0.6 is 0 Å². The van der Waals surface area contributed by atoms with Gasteiger partial charge in [-0.3, -0.25) is 4.79 Å². The smallest absolute Gasteiger partial charge is 0.417 e. The average molecular weight is 267 g/mol. The van der Waals surface area contributed by atoms with Gasteiger partial charge in [0.15, 0.2) is 6.61 Å². The van der Waals surface area contributed by atoms with Gasteiger partial charge in [-0.2, -0.15) is 0 Å². The maximum Gasteiger partial charge on any atom is 0.417 e. The van der Waals surface area contributed by atoms with E-state index in [1.807, 2.05) is 0 Å². The summed E-state index contributed by atoms with van der Waals surface area (Å²) in [5.41, 5.74) is 0. The lowest BCUT2D eigenvalue weighted by atomic mass is 10.1. The van der Waals surface area contributed by atoms with Crippen LogP contribution in [-0.4, -0.2) is 59.6 Å². The van der Waals surface area contributed by atoms with Gasteiger partial charge in [-0.15, -0.1) is 0 Å². The Morgan fingerprint density at radius 2 is 1.89 bits per heavy atom. The third-order valence-electron chi connectivity index (χ3n) is 3.98. The second-order valence-corrected chi connectivity index (χ2v) is 5.31. The molecule has 2 saturated heterocycles. The summed E-state index contributed by atoms with van der Waals surface area (Å²) in [6, 6.07) is -0.0371. The molecule has 2 heterocycles. The maximum atomic E-state index is 11.9. The fourth-order valence-electron chi connectivity index (χ4n) is 2.84. The van der Waals surface area contributed by atoms with E-state index in [2.05, 4.69) is 10.1 Å². The first-order chi connectivity index (χ1) is 9.15. The molecule has 7 heteroatoms. The first-order valence-electron chi connectivity index (χ1n) is 6.69. The molecule has 3 aliphatic rings. The largest absolute Gasteiger partial charge is 0.439 e. The number of cyclic esters (lactones) is 1. The SMILES string of the molecule is O=C(NC1CCCC1)N1CC(N2C(=O)COC2=O)C1. The Bertz CT molecular complexity index is 397. The molecular weight excluding hydrogens is 250 g/mol. The minimum absolute atomic E-state index is 0.0943. The number of carbonyl (C=O) groups is 3. The van der Waals surface area contributed by atoms with Gasteiger partial charge in [0, 0.05) is 19.1 Å². The molecule has 0 bridgehead atoms. The Hall–Kier alpha value is -1.79. The summed E-state index contributed by atoms with van der Waals surface area (Å²) in [5.74, 6) is -0.314. The predicted octanol–water partition coefficient (Wildman–Crippen LogP) is 0.302. The number of ether oxygens (including phenoxy) is 1. The number of imide groups is 1. The summed E-state index contributed by atoms with van der Waals surface area (Å²) >= 11 is 0. The van der Waals surface area contributed by atoms with Crippen molar-refractivity contribution in [3.05, 3.63) is 0 Å². The summed E-state index contributed by atoms with van der Waals surface area (Å²) in [6.45, 7) is 0.627. The van der Waals surface area contributed by atoms with Gasteiger partial charge in [-0.25, -0.2) is 14.5 Å². The molecular formula is C12H17N3O4. The molecule has 1 aliphatic carbocycles. The zero-order valence-corrected chi connectivity index (χ0v) is 10.6. The number of likely N-dealkylation sites (tertiary alicyclic amines) is 1. The van der Waals surface area contributed by atoms with E-state index < -0.39 is 6.09 Å². The van der Waals surface area contributed by atoms with Crippen LogP contribution in [0.4, 0.5) is 9.59 Å². The van der Waals surface area contributed by atoms with E-state index in [1.165, 1.54) is 12.8 Å². The number of carbonyl (C=O) groups excluding carboxylic acids is 3. The normalized spacial score (nSPS) is 24.6. The van der Waals surface area contributed by atoms with E-state index in [9.17, 15) is 14.4 Å². The second-order valence-electron chi connectivity index (χ2n) is 5.31. The third-order valence-corrected chi connectivity index (χ3v) is 3.98. The summed E-state index contributed by atoms with van der Waals surface area (Å²) in [5, 5.41) is 2.98. The molecule has 4 amide bonds. The molecule has 3 rings (SSSR count). The number of hydrogen-bond donors (Lipinski definition) is 1. The number of amides is 4. The quantitative estimate of drug-likeness (QED) is 0.780. The summed E-state index contributed by atoms with van der Waals surface area (Å²) in [4.78, 5) is 37.4. The fourth-order valence-corrected chi connectivity index (χ4v) is 2.84. The second kappa shape index (κ2) is 4.71. The summed E-state index contributed by atoms with van der Waals surface area (Å²) in [6.07, 6.45) is 3.83. The minimum atomic E-state index is -0.592. The minimum Gasteiger partial charge on any atom is -0.439 e. The standard InChI is InChI=1S/C12H17N3O4/c16-10-7-19-12(18)15(10)9-5-14(6-9)11(17)13-8-3-1-2-4-8/h8-9H,1-7H2,(H,13,17). The molecule has 0 unspecified atom stereocenters. The van der Waals surface area contributed by atoms with Crippen LogP contribution in [-0.2, 0) is 9.53 Å². The first-order valence-corrected chi connectivity index (χ1v) is 6.69. The van der Waals surface area contributed by atoms with Gasteiger partial charge in [-0.1, -0.05) is 12.8 Å².